The number of anilines is 2. The molecule has 9 heteroatoms. The molecule has 28 heavy (non-hydrogen) atoms. The van der Waals surface area contributed by atoms with Gasteiger partial charge in [-0.05, 0) is 43.9 Å². The normalized spacial score (nSPS) is 19.1. The second-order valence-electron chi connectivity index (χ2n) is 6.76. The molecule has 2 aromatic rings. The van der Waals surface area contributed by atoms with Gasteiger partial charge in [0.05, 0.1) is 18.2 Å². The van der Waals surface area contributed by atoms with Crippen molar-refractivity contribution < 1.29 is 18.7 Å². The molecular formula is C19H22FN5O3. The Hall–Kier alpha value is -3.23. The molecule has 148 valence electrons. The molecule has 0 spiro atoms. The van der Waals surface area contributed by atoms with Crippen LogP contribution in [0.2, 0.25) is 0 Å². The Balaban J connectivity index is 1.73. The van der Waals surface area contributed by atoms with Crippen molar-refractivity contribution in [3.05, 3.63) is 41.3 Å². The lowest BCUT2D eigenvalue weighted by atomic mass is 9.86. The molecule has 1 aromatic heterocycles. The zero-order valence-electron chi connectivity index (χ0n) is 15.4. The van der Waals surface area contributed by atoms with E-state index in [1.165, 1.54) is 25.4 Å². The molecule has 0 atom stereocenters. The van der Waals surface area contributed by atoms with Gasteiger partial charge in [-0.15, -0.1) is 0 Å². The number of hydrogen-bond acceptors (Lipinski definition) is 7. The van der Waals surface area contributed by atoms with Crippen molar-refractivity contribution >= 4 is 23.5 Å². The van der Waals surface area contributed by atoms with Crippen molar-refractivity contribution in [2.75, 3.05) is 18.2 Å². The lowest BCUT2D eigenvalue weighted by Gasteiger charge is -2.27. The van der Waals surface area contributed by atoms with Crippen LogP contribution in [0.15, 0.2) is 24.4 Å². The minimum atomic E-state index is -0.562. The van der Waals surface area contributed by atoms with Crippen LogP contribution in [0.25, 0.3) is 0 Å². The van der Waals surface area contributed by atoms with Crippen molar-refractivity contribution in [1.82, 2.24) is 9.97 Å². The molecule has 0 unspecified atom stereocenters. The van der Waals surface area contributed by atoms with E-state index in [-0.39, 0.29) is 40.6 Å². The fourth-order valence-corrected chi connectivity index (χ4v) is 3.35. The summed E-state index contributed by atoms with van der Waals surface area (Å²) in [6, 6.07) is 3.76. The predicted molar refractivity (Wildman–Crippen MR) is 101 cm³/mol. The van der Waals surface area contributed by atoms with Crippen molar-refractivity contribution in [2.45, 2.75) is 31.7 Å². The second-order valence-corrected chi connectivity index (χ2v) is 6.76. The number of amides is 1. The van der Waals surface area contributed by atoms with Gasteiger partial charge in [-0.25, -0.2) is 9.37 Å². The number of halogens is 1. The van der Waals surface area contributed by atoms with Gasteiger partial charge in [-0.1, -0.05) is 0 Å². The first-order chi connectivity index (χ1) is 13.4. The van der Waals surface area contributed by atoms with E-state index in [0.717, 1.165) is 18.9 Å². The number of carbonyl (C=O) groups is 2. The van der Waals surface area contributed by atoms with Crippen LogP contribution in [0.1, 0.15) is 41.6 Å². The third-order valence-electron chi connectivity index (χ3n) is 4.93. The van der Waals surface area contributed by atoms with Gasteiger partial charge in [0.15, 0.2) is 0 Å². The highest BCUT2D eigenvalue weighted by Crippen LogP contribution is 2.27. The van der Waals surface area contributed by atoms with Crippen LogP contribution >= 0.6 is 0 Å². The summed E-state index contributed by atoms with van der Waals surface area (Å²) in [6.07, 6.45) is 4.25. The fraction of sp³-hybridized carbons (Fsp3) is 0.368. The SMILES string of the molecule is COc1ccc(F)cc1C(=O)c1cnc(NC2CCC(C(N)=O)CC2)nc1N. The van der Waals surface area contributed by atoms with Gasteiger partial charge in [-0.3, -0.25) is 9.59 Å². The zero-order valence-corrected chi connectivity index (χ0v) is 15.4. The van der Waals surface area contributed by atoms with E-state index in [1.54, 1.807) is 0 Å². The number of hydrogen-bond donors (Lipinski definition) is 3. The van der Waals surface area contributed by atoms with Crippen LogP contribution in [0.4, 0.5) is 16.2 Å². The minimum Gasteiger partial charge on any atom is -0.496 e. The molecule has 0 bridgehead atoms. The lowest BCUT2D eigenvalue weighted by molar-refractivity contribution is -0.122. The number of nitrogen functional groups attached to an aromatic ring is 1. The summed E-state index contributed by atoms with van der Waals surface area (Å²) in [4.78, 5) is 32.3. The first-order valence-corrected chi connectivity index (χ1v) is 8.95. The van der Waals surface area contributed by atoms with Crippen LogP contribution in [0, 0.1) is 11.7 Å². The summed E-state index contributed by atoms with van der Waals surface area (Å²) in [7, 11) is 1.39. The average Bonchev–Trinajstić information content (AvgIpc) is 2.68. The van der Waals surface area contributed by atoms with Crippen molar-refractivity contribution in [2.24, 2.45) is 11.7 Å². The highest BCUT2D eigenvalue weighted by atomic mass is 19.1. The highest BCUT2D eigenvalue weighted by Gasteiger charge is 2.25. The van der Waals surface area contributed by atoms with Gasteiger partial charge in [-0.2, -0.15) is 4.98 Å². The molecule has 0 radical (unpaired) electrons. The van der Waals surface area contributed by atoms with E-state index in [2.05, 4.69) is 15.3 Å². The van der Waals surface area contributed by atoms with E-state index in [1.807, 2.05) is 0 Å². The van der Waals surface area contributed by atoms with Crippen LogP contribution in [0.3, 0.4) is 0 Å². The van der Waals surface area contributed by atoms with Gasteiger partial charge in [0.1, 0.15) is 17.4 Å². The summed E-state index contributed by atoms with van der Waals surface area (Å²) in [5.74, 6) is -0.933. The second kappa shape index (κ2) is 8.20. The Morgan fingerprint density at radius 1 is 1.21 bits per heavy atom. The number of aromatic nitrogens is 2. The van der Waals surface area contributed by atoms with Crippen molar-refractivity contribution in [1.29, 1.82) is 0 Å². The first kappa shape index (κ1) is 19.5. The van der Waals surface area contributed by atoms with Gasteiger partial charge in [0.25, 0.3) is 0 Å². The Labute approximate surface area is 161 Å². The summed E-state index contributed by atoms with van der Waals surface area (Å²) in [5, 5.41) is 3.17. The molecule has 8 nitrogen and oxygen atoms in total. The number of ketones is 1. The number of nitrogens with two attached hydrogens (primary N) is 2. The molecule has 1 aromatic carbocycles. The molecule has 1 fully saturated rings. The molecule has 1 saturated carbocycles. The van der Waals surface area contributed by atoms with E-state index < -0.39 is 11.6 Å². The van der Waals surface area contributed by atoms with E-state index in [0.29, 0.717) is 18.8 Å². The molecule has 1 amide bonds. The average molecular weight is 387 g/mol. The summed E-state index contributed by atoms with van der Waals surface area (Å²) < 4.78 is 18.7. The Kier molecular flexibility index (Phi) is 5.72. The minimum absolute atomic E-state index is 0.0142. The monoisotopic (exact) mass is 387 g/mol. The molecule has 1 heterocycles. The molecule has 1 aliphatic carbocycles. The Morgan fingerprint density at radius 3 is 2.54 bits per heavy atom. The number of ether oxygens (including phenoxy) is 1. The topological polar surface area (TPSA) is 133 Å². The predicted octanol–water partition coefficient (Wildman–Crippen LogP) is 1.89. The molecule has 0 aliphatic heterocycles. The molecular weight excluding hydrogens is 365 g/mol. The van der Waals surface area contributed by atoms with Gasteiger partial charge < -0.3 is 21.5 Å². The Morgan fingerprint density at radius 2 is 1.93 bits per heavy atom. The van der Waals surface area contributed by atoms with Crippen LogP contribution < -0.4 is 21.5 Å². The quantitative estimate of drug-likeness (QED) is 0.645. The summed E-state index contributed by atoms with van der Waals surface area (Å²) >= 11 is 0. The van der Waals surface area contributed by atoms with E-state index >= 15 is 0 Å². The number of primary amides is 1. The van der Waals surface area contributed by atoms with Crippen LogP contribution in [0.5, 0.6) is 5.75 Å². The molecule has 0 saturated heterocycles. The molecule has 1 aliphatic rings. The maximum atomic E-state index is 13.6. The summed E-state index contributed by atoms with van der Waals surface area (Å²) in [5.41, 5.74) is 11.4. The Bertz CT molecular complexity index is 897. The number of nitrogens with one attached hydrogen (secondary N) is 1. The molecule has 3 rings (SSSR count). The third-order valence-corrected chi connectivity index (χ3v) is 4.93. The first-order valence-electron chi connectivity index (χ1n) is 8.95. The lowest BCUT2D eigenvalue weighted by Crippen LogP contribution is -2.33. The number of benzene rings is 1. The number of nitrogens with zero attached hydrogens (tertiary/aromatic N) is 2. The smallest absolute Gasteiger partial charge is 0.224 e. The maximum absolute atomic E-state index is 13.6. The highest BCUT2D eigenvalue weighted by molar-refractivity contribution is 6.13. The van der Waals surface area contributed by atoms with Gasteiger partial charge >= 0.3 is 0 Å². The van der Waals surface area contributed by atoms with E-state index in [4.69, 9.17) is 16.2 Å². The van der Waals surface area contributed by atoms with Crippen LogP contribution in [-0.4, -0.2) is 34.8 Å². The third kappa shape index (κ3) is 4.19. The summed E-state index contributed by atoms with van der Waals surface area (Å²) in [6.45, 7) is 0. The van der Waals surface area contributed by atoms with Crippen LogP contribution in [-0.2, 0) is 4.79 Å². The van der Waals surface area contributed by atoms with Gasteiger partial charge in [0, 0.05) is 18.2 Å². The number of methoxy groups -OCH3 is 1. The number of rotatable bonds is 6. The standard InChI is InChI=1S/C19H22FN5O3/c1-28-15-7-4-11(20)8-13(15)16(26)14-9-23-19(25-17(14)21)24-12-5-2-10(3-6-12)18(22)27/h4,7-10,12H,2-3,5-6H2,1H3,(H2,22,27)(H3,21,23,24,25). The van der Waals surface area contributed by atoms with Gasteiger partial charge in [0.2, 0.25) is 17.6 Å². The van der Waals surface area contributed by atoms with Crippen molar-refractivity contribution in [3.63, 3.8) is 0 Å². The zero-order chi connectivity index (χ0) is 20.3. The maximum Gasteiger partial charge on any atom is 0.224 e. The number of carbonyl (C=O) groups excluding carboxylic acids is 2. The van der Waals surface area contributed by atoms with E-state index in [9.17, 15) is 14.0 Å². The largest absolute Gasteiger partial charge is 0.496 e. The fourth-order valence-electron chi connectivity index (χ4n) is 3.35. The van der Waals surface area contributed by atoms with Crippen molar-refractivity contribution in [3.8, 4) is 5.75 Å². The molecule has 5 N–H and O–H groups in total.